The van der Waals surface area contributed by atoms with Crippen molar-refractivity contribution in [2.24, 2.45) is 0 Å². The molecule has 1 atom stereocenters. The molecule has 0 aliphatic carbocycles. The number of aliphatic hydroxyl groups excluding tert-OH is 1. The first-order chi connectivity index (χ1) is 4.05. The molecule has 1 fully saturated rings. The Labute approximate surface area is 50.5 Å². The highest BCUT2D eigenvalue weighted by molar-refractivity contribution is 5.79. The van der Waals surface area contributed by atoms with Crippen molar-refractivity contribution in [3.8, 4) is 0 Å². The van der Waals surface area contributed by atoms with Crippen molar-refractivity contribution < 1.29 is 24.9 Å². The monoisotopic (exact) mass is 134 g/mol. The van der Waals surface area contributed by atoms with Crippen LogP contribution in [0.2, 0.25) is 0 Å². The SMILES string of the molecule is O=C1OCC(O)C1(O)O. The summed E-state index contributed by atoms with van der Waals surface area (Å²) in [6.07, 6.45) is -1.52. The van der Waals surface area contributed by atoms with E-state index in [4.69, 9.17) is 15.3 Å². The minimum absolute atomic E-state index is 0.355. The van der Waals surface area contributed by atoms with E-state index in [2.05, 4.69) is 4.74 Å². The van der Waals surface area contributed by atoms with Crippen LogP contribution in [0.25, 0.3) is 0 Å². The summed E-state index contributed by atoms with van der Waals surface area (Å²) in [5.41, 5.74) is 0. The van der Waals surface area contributed by atoms with E-state index in [0.29, 0.717) is 0 Å². The number of esters is 1. The smallest absolute Gasteiger partial charge is 0.369 e. The molecule has 0 aromatic rings. The summed E-state index contributed by atoms with van der Waals surface area (Å²) in [4.78, 5) is 10.2. The Morgan fingerprint density at radius 1 is 1.67 bits per heavy atom. The van der Waals surface area contributed by atoms with Crippen molar-refractivity contribution in [2.75, 3.05) is 6.61 Å². The van der Waals surface area contributed by atoms with Crippen LogP contribution in [0.15, 0.2) is 0 Å². The van der Waals surface area contributed by atoms with E-state index >= 15 is 0 Å². The fraction of sp³-hybridized carbons (Fsp3) is 0.750. The second-order valence-electron chi connectivity index (χ2n) is 1.84. The van der Waals surface area contributed by atoms with E-state index < -0.39 is 17.9 Å². The van der Waals surface area contributed by atoms with Gasteiger partial charge in [0.1, 0.15) is 6.61 Å². The van der Waals surface area contributed by atoms with Gasteiger partial charge in [-0.1, -0.05) is 0 Å². The number of cyclic esters (lactones) is 1. The van der Waals surface area contributed by atoms with Crippen LogP contribution in [0.4, 0.5) is 0 Å². The highest BCUT2D eigenvalue weighted by Gasteiger charge is 2.49. The van der Waals surface area contributed by atoms with Crippen LogP contribution in [0.1, 0.15) is 0 Å². The molecule has 1 saturated heterocycles. The van der Waals surface area contributed by atoms with Gasteiger partial charge in [-0.05, 0) is 0 Å². The molecule has 5 heteroatoms. The van der Waals surface area contributed by atoms with Gasteiger partial charge in [-0.2, -0.15) is 0 Å². The van der Waals surface area contributed by atoms with Gasteiger partial charge < -0.3 is 20.1 Å². The van der Waals surface area contributed by atoms with Gasteiger partial charge in [-0.15, -0.1) is 0 Å². The van der Waals surface area contributed by atoms with Gasteiger partial charge in [0.15, 0.2) is 6.10 Å². The van der Waals surface area contributed by atoms with Crippen LogP contribution in [0, 0.1) is 0 Å². The zero-order valence-corrected chi connectivity index (χ0v) is 4.44. The topological polar surface area (TPSA) is 87.0 Å². The summed E-state index contributed by atoms with van der Waals surface area (Å²) in [5.74, 6) is -3.89. The molecule has 1 heterocycles. The summed E-state index contributed by atoms with van der Waals surface area (Å²) in [6.45, 7) is -0.355. The molecular weight excluding hydrogens is 128 g/mol. The van der Waals surface area contributed by atoms with Gasteiger partial charge in [-0.25, -0.2) is 4.79 Å². The molecule has 0 spiro atoms. The van der Waals surface area contributed by atoms with Crippen LogP contribution in [-0.4, -0.2) is 39.8 Å². The van der Waals surface area contributed by atoms with Crippen molar-refractivity contribution in [1.29, 1.82) is 0 Å². The Balaban J connectivity index is 2.78. The minimum Gasteiger partial charge on any atom is -0.459 e. The molecule has 1 aliphatic heterocycles. The lowest BCUT2D eigenvalue weighted by atomic mass is 10.2. The van der Waals surface area contributed by atoms with Crippen LogP contribution < -0.4 is 0 Å². The largest absolute Gasteiger partial charge is 0.459 e. The molecule has 52 valence electrons. The Morgan fingerprint density at radius 3 is 2.33 bits per heavy atom. The maximum absolute atomic E-state index is 10.2. The number of hydrogen-bond donors (Lipinski definition) is 3. The van der Waals surface area contributed by atoms with Gasteiger partial charge in [0.25, 0.3) is 5.79 Å². The molecule has 5 nitrogen and oxygen atoms in total. The molecule has 0 aromatic heterocycles. The number of aliphatic hydroxyl groups is 3. The average molecular weight is 134 g/mol. The van der Waals surface area contributed by atoms with Crippen LogP contribution in [0.3, 0.4) is 0 Å². The second kappa shape index (κ2) is 1.66. The van der Waals surface area contributed by atoms with Crippen LogP contribution in [0.5, 0.6) is 0 Å². The van der Waals surface area contributed by atoms with Crippen LogP contribution >= 0.6 is 0 Å². The maximum atomic E-state index is 10.2. The molecule has 0 amide bonds. The number of hydrogen-bond acceptors (Lipinski definition) is 5. The fourth-order valence-corrected chi connectivity index (χ4v) is 0.513. The van der Waals surface area contributed by atoms with Gasteiger partial charge in [0.2, 0.25) is 0 Å². The summed E-state index contributed by atoms with van der Waals surface area (Å²) < 4.78 is 4.09. The third-order valence-corrected chi connectivity index (χ3v) is 1.14. The molecule has 0 radical (unpaired) electrons. The first kappa shape index (κ1) is 6.47. The van der Waals surface area contributed by atoms with Crippen molar-refractivity contribution in [1.82, 2.24) is 0 Å². The first-order valence-corrected chi connectivity index (χ1v) is 2.35. The summed E-state index contributed by atoms with van der Waals surface area (Å²) >= 11 is 0. The van der Waals surface area contributed by atoms with Gasteiger partial charge >= 0.3 is 5.97 Å². The predicted octanol–water partition coefficient (Wildman–Crippen LogP) is -2.42. The van der Waals surface area contributed by atoms with Gasteiger partial charge in [-0.3, -0.25) is 0 Å². The van der Waals surface area contributed by atoms with E-state index in [1.807, 2.05) is 0 Å². The molecule has 1 rings (SSSR count). The number of ether oxygens (including phenoxy) is 1. The lowest BCUT2D eigenvalue weighted by Gasteiger charge is -2.11. The summed E-state index contributed by atoms with van der Waals surface area (Å²) in [7, 11) is 0. The van der Waals surface area contributed by atoms with E-state index in [1.54, 1.807) is 0 Å². The lowest BCUT2D eigenvalue weighted by Crippen LogP contribution is -2.43. The predicted molar refractivity (Wildman–Crippen MR) is 24.1 cm³/mol. The molecule has 3 N–H and O–H groups in total. The summed E-state index contributed by atoms with van der Waals surface area (Å²) in [6, 6.07) is 0. The second-order valence-corrected chi connectivity index (χ2v) is 1.84. The van der Waals surface area contributed by atoms with E-state index in [0.717, 1.165) is 0 Å². The van der Waals surface area contributed by atoms with E-state index in [-0.39, 0.29) is 6.61 Å². The zero-order valence-electron chi connectivity index (χ0n) is 4.44. The van der Waals surface area contributed by atoms with Crippen molar-refractivity contribution in [3.63, 3.8) is 0 Å². The Kier molecular flexibility index (Phi) is 1.20. The number of carbonyl (C=O) groups excluding carboxylic acids is 1. The normalized spacial score (nSPS) is 32.3. The Morgan fingerprint density at radius 2 is 2.22 bits per heavy atom. The Bertz CT molecular complexity index is 140. The van der Waals surface area contributed by atoms with E-state index in [1.165, 1.54) is 0 Å². The summed E-state index contributed by atoms with van der Waals surface area (Å²) in [5, 5.41) is 25.7. The van der Waals surface area contributed by atoms with Crippen molar-refractivity contribution in [3.05, 3.63) is 0 Å². The molecule has 1 unspecified atom stereocenters. The highest BCUT2D eigenvalue weighted by atomic mass is 16.6. The van der Waals surface area contributed by atoms with Crippen molar-refractivity contribution in [2.45, 2.75) is 11.9 Å². The third kappa shape index (κ3) is 0.787. The fourth-order valence-electron chi connectivity index (χ4n) is 0.513. The molecule has 0 aromatic carbocycles. The van der Waals surface area contributed by atoms with Gasteiger partial charge in [0.05, 0.1) is 0 Å². The van der Waals surface area contributed by atoms with Crippen LogP contribution in [-0.2, 0) is 9.53 Å². The minimum atomic E-state index is -2.69. The molecule has 0 bridgehead atoms. The zero-order chi connectivity index (χ0) is 7.07. The number of carbonyl (C=O) groups is 1. The highest BCUT2D eigenvalue weighted by Crippen LogP contribution is 2.16. The lowest BCUT2D eigenvalue weighted by molar-refractivity contribution is -0.209. The van der Waals surface area contributed by atoms with Crippen molar-refractivity contribution >= 4 is 5.97 Å². The quantitative estimate of drug-likeness (QED) is 0.253. The van der Waals surface area contributed by atoms with E-state index in [9.17, 15) is 4.79 Å². The standard InChI is InChI=1S/C4H6O5/c5-2-1-9-3(6)4(2,7)8/h2,5,7-8H,1H2. The van der Waals surface area contributed by atoms with Gasteiger partial charge in [0, 0.05) is 0 Å². The average Bonchev–Trinajstić information content (AvgIpc) is 1.96. The molecular formula is C4H6O5. The molecule has 1 aliphatic rings. The third-order valence-electron chi connectivity index (χ3n) is 1.14. The molecule has 9 heavy (non-hydrogen) atoms. The first-order valence-electron chi connectivity index (χ1n) is 2.35. The molecule has 0 saturated carbocycles. The number of rotatable bonds is 0. The Hall–Kier alpha value is -0.650. The maximum Gasteiger partial charge on any atom is 0.369 e.